The summed E-state index contributed by atoms with van der Waals surface area (Å²) >= 11 is 12.2. The fraction of sp³-hybridized carbons (Fsp3) is 0.200. The highest BCUT2D eigenvalue weighted by Crippen LogP contribution is 2.21. The van der Waals surface area contributed by atoms with Crippen LogP contribution < -0.4 is 0 Å². The van der Waals surface area contributed by atoms with Crippen molar-refractivity contribution in [2.24, 2.45) is 0 Å². The molecular weight excluding hydrogens is 251 g/mol. The molecule has 0 bridgehead atoms. The topological polar surface area (TPSA) is 0 Å². The van der Waals surface area contributed by atoms with Gasteiger partial charge in [-0.3, -0.25) is 0 Å². The molecule has 88 valence electrons. The highest BCUT2D eigenvalue weighted by atomic mass is 35.5. The summed E-state index contributed by atoms with van der Waals surface area (Å²) < 4.78 is 0. The smallest absolute Gasteiger partial charge is 0.0438 e. The SMILES string of the molecule is Cc1ccc(Cc2ccc(C)c(Cl)c2)cc1Cl. The molecule has 0 amide bonds. The van der Waals surface area contributed by atoms with Gasteiger partial charge in [-0.05, 0) is 54.7 Å². The molecule has 0 fully saturated rings. The van der Waals surface area contributed by atoms with Crippen LogP contribution in [0, 0.1) is 13.8 Å². The first-order valence-corrected chi connectivity index (χ1v) is 6.32. The van der Waals surface area contributed by atoms with Crippen LogP contribution in [0.3, 0.4) is 0 Å². The number of benzene rings is 2. The number of aryl methyl sites for hydroxylation is 2. The number of hydrogen-bond acceptors (Lipinski definition) is 0. The molecule has 2 aromatic rings. The molecule has 0 N–H and O–H groups in total. The highest BCUT2D eigenvalue weighted by molar-refractivity contribution is 6.31. The van der Waals surface area contributed by atoms with Crippen LogP contribution in [-0.2, 0) is 6.42 Å². The van der Waals surface area contributed by atoms with Gasteiger partial charge in [-0.15, -0.1) is 0 Å². The lowest BCUT2D eigenvalue weighted by atomic mass is 10.0. The Kier molecular flexibility index (Phi) is 3.76. The zero-order chi connectivity index (χ0) is 12.4. The van der Waals surface area contributed by atoms with Gasteiger partial charge in [-0.25, -0.2) is 0 Å². The van der Waals surface area contributed by atoms with Gasteiger partial charge >= 0.3 is 0 Å². The van der Waals surface area contributed by atoms with Gasteiger partial charge in [-0.1, -0.05) is 47.5 Å². The largest absolute Gasteiger partial charge is 0.0840 e. The molecule has 0 spiro atoms. The van der Waals surface area contributed by atoms with Gasteiger partial charge in [0.25, 0.3) is 0 Å². The lowest BCUT2D eigenvalue weighted by molar-refractivity contribution is 1.18. The zero-order valence-corrected chi connectivity index (χ0v) is 11.4. The molecule has 0 unspecified atom stereocenters. The minimum absolute atomic E-state index is 0.820. The second kappa shape index (κ2) is 5.12. The zero-order valence-electron chi connectivity index (χ0n) is 9.93. The molecule has 0 aliphatic heterocycles. The summed E-state index contributed by atoms with van der Waals surface area (Å²) in [5, 5.41) is 1.64. The van der Waals surface area contributed by atoms with Crippen molar-refractivity contribution in [3.8, 4) is 0 Å². The lowest BCUT2D eigenvalue weighted by Crippen LogP contribution is -1.90. The molecule has 0 atom stereocenters. The number of rotatable bonds is 2. The second-order valence-corrected chi connectivity index (χ2v) is 5.16. The van der Waals surface area contributed by atoms with E-state index in [-0.39, 0.29) is 0 Å². The van der Waals surface area contributed by atoms with Crippen molar-refractivity contribution in [2.75, 3.05) is 0 Å². The van der Waals surface area contributed by atoms with Crippen LogP contribution in [0.25, 0.3) is 0 Å². The van der Waals surface area contributed by atoms with E-state index in [1.165, 1.54) is 11.1 Å². The molecule has 2 rings (SSSR count). The molecule has 0 saturated heterocycles. The van der Waals surface area contributed by atoms with Crippen LogP contribution in [0.2, 0.25) is 10.0 Å². The van der Waals surface area contributed by atoms with Crippen LogP contribution in [0.1, 0.15) is 22.3 Å². The maximum absolute atomic E-state index is 6.11. The quantitative estimate of drug-likeness (QED) is 0.700. The molecule has 0 saturated carbocycles. The Morgan fingerprint density at radius 1 is 0.765 bits per heavy atom. The molecule has 0 aromatic heterocycles. The Hall–Kier alpha value is -0.980. The van der Waals surface area contributed by atoms with E-state index >= 15 is 0 Å². The van der Waals surface area contributed by atoms with E-state index < -0.39 is 0 Å². The molecule has 2 heteroatoms. The molecule has 0 nitrogen and oxygen atoms in total. The van der Waals surface area contributed by atoms with E-state index in [4.69, 9.17) is 23.2 Å². The summed E-state index contributed by atoms with van der Waals surface area (Å²) in [4.78, 5) is 0. The van der Waals surface area contributed by atoms with E-state index in [1.54, 1.807) is 0 Å². The van der Waals surface area contributed by atoms with Gasteiger partial charge in [0.05, 0.1) is 0 Å². The van der Waals surface area contributed by atoms with E-state index in [0.29, 0.717) is 0 Å². The minimum atomic E-state index is 0.820. The summed E-state index contributed by atoms with van der Waals surface area (Å²) in [5.41, 5.74) is 4.63. The maximum Gasteiger partial charge on any atom is 0.0438 e. The molecule has 0 radical (unpaired) electrons. The van der Waals surface area contributed by atoms with Crippen molar-refractivity contribution in [2.45, 2.75) is 20.3 Å². The van der Waals surface area contributed by atoms with Crippen molar-refractivity contribution in [3.05, 3.63) is 68.7 Å². The highest BCUT2D eigenvalue weighted by Gasteiger charge is 2.02. The first-order chi connectivity index (χ1) is 8.06. The first kappa shape index (κ1) is 12.5. The minimum Gasteiger partial charge on any atom is -0.0840 e. The van der Waals surface area contributed by atoms with E-state index in [2.05, 4.69) is 12.1 Å². The Morgan fingerprint density at radius 2 is 1.18 bits per heavy atom. The number of halogens is 2. The van der Waals surface area contributed by atoms with Crippen molar-refractivity contribution >= 4 is 23.2 Å². The van der Waals surface area contributed by atoms with Crippen LogP contribution in [0.5, 0.6) is 0 Å². The van der Waals surface area contributed by atoms with Crippen molar-refractivity contribution in [3.63, 3.8) is 0 Å². The third-order valence-corrected chi connectivity index (χ3v) is 3.70. The third kappa shape index (κ3) is 3.02. The Morgan fingerprint density at radius 3 is 1.53 bits per heavy atom. The van der Waals surface area contributed by atoms with Gasteiger partial charge in [-0.2, -0.15) is 0 Å². The molecular formula is C15H14Cl2. The second-order valence-electron chi connectivity index (χ2n) is 4.34. The molecule has 17 heavy (non-hydrogen) atoms. The Bertz CT molecular complexity index is 495. The van der Waals surface area contributed by atoms with E-state index in [1.807, 2.05) is 38.1 Å². The van der Waals surface area contributed by atoms with Crippen LogP contribution in [0.4, 0.5) is 0 Å². The van der Waals surface area contributed by atoms with Crippen molar-refractivity contribution in [1.29, 1.82) is 0 Å². The van der Waals surface area contributed by atoms with Crippen LogP contribution >= 0.6 is 23.2 Å². The first-order valence-electron chi connectivity index (χ1n) is 5.56. The monoisotopic (exact) mass is 264 g/mol. The van der Waals surface area contributed by atoms with Gasteiger partial charge in [0.2, 0.25) is 0 Å². The Balaban J connectivity index is 2.25. The molecule has 0 heterocycles. The normalized spacial score (nSPS) is 10.6. The van der Waals surface area contributed by atoms with Gasteiger partial charge in [0.1, 0.15) is 0 Å². The average molecular weight is 265 g/mol. The van der Waals surface area contributed by atoms with Gasteiger partial charge < -0.3 is 0 Å². The fourth-order valence-corrected chi connectivity index (χ4v) is 2.13. The predicted octanol–water partition coefficient (Wildman–Crippen LogP) is 5.20. The van der Waals surface area contributed by atoms with Crippen LogP contribution in [-0.4, -0.2) is 0 Å². The summed E-state index contributed by atoms with van der Waals surface area (Å²) in [6.07, 6.45) is 0.861. The van der Waals surface area contributed by atoms with Crippen molar-refractivity contribution in [1.82, 2.24) is 0 Å². The molecule has 0 aliphatic carbocycles. The standard InChI is InChI=1S/C15H14Cl2/c1-10-3-5-12(8-14(10)16)7-13-6-4-11(2)15(17)9-13/h3-6,8-9H,7H2,1-2H3. The summed E-state index contributed by atoms with van der Waals surface area (Å²) in [5.74, 6) is 0. The number of hydrogen-bond donors (Lipinski definition) is 0. The van der Waals surface area contributed by atoms with E-state index in [0.717, 1.165) is 27.6 Å². The summed E-state index contributed by atoms with van der Waals surface area (Å²) in [7, 11) is 0. The van der Waals surface area contributed by atoms with Gasteiger partial charge in [0, 0.05) is 10.0 Å². The average Bonchev–Trinajstić information content (AvgIpc) is 2.29. The lowest BCUT2D eigenvalue weighted by Gasteiger charge is -2.06. The fourth-order valence-electron chi connectivity index (χ4n) is 1.73. The summed E-state index contributed by atoms with van der Waals surface area (Å²) in [6, 6.07) is 12.3. The van der Waals surface area contributed by atoms with Crippen LogP contribution in [0.15, 0.2) is 36.4 Å². The summed E-state index contributed by atoms with van der Waals surface area (Å²) in [6.45, 7) is 4.02. The van der Waals surface area contributed by atoms with Crippen molar-refractivity contribution < 1.29 is 0 Å². The van der Waals surface area contributed by atoms with Gasteiger partial charge in [0.15, 0.2) is 0 Å². The molecule has 0 aliphatic rings. The maximum atomic E-state index is 6.11. The van der Waals surface area contributed by atoms with E-state index in [9.17, 15) is 0 Å². The molecule has 2 aromatic carbocycles. The Labute approximate surface area is 112 Å². The predicted molar refractivity (Wildman–Crippen MR) is 75.2 cm³/mol. The third-order valence-electron chi connectivity index (χ3n) is 2.88.